The smallest absolute Gasteiger partial charge is 0.338 e. The molecule has 0 aliphatic carbocycles. The number of hydrogen-bond acceptors (Lipinski definition) is 5. The maximum Gasteiger partial charge on any atom is 0.338 e. The van der Waals surface area contributed by atoms with Crippen LogP contribution < -0.4 is 0 Å². The predicted octanol–water partition coefficient (Wildman–Crippen LogP) is 1.21. The molecule has 0 saturated carbocycles. The summed E-state index contributed by atoms with van der Waals surface area (Å²) in [6, 6.07) is 6.02. The third-order valence-electron chi connectivity index (χ3n) is 2.33. The van der Waals surface area contributed by atoms with Crippen molar-refractivity contribution in [2.24, 2.45) is 0 Å². The molecule has 2 unspecified atom stereocenters. The number of nitrogens with zero attached hydrogens (tertiary/aromatic N) is 1. The van der Waals surface area contributed by atoms with E-state index in [1.54, 1.807) is 12.1 Å². The van der Waals surface area contributed by atoms with Gasteiger partial charge in [-0.25, -0.2) is 4.79 Å². The van der Waals surface area contributed by atoms with Gasteiger partial charge in [0, 0.05) is 12.1 Å². The van der Waals surface area contributed by atoms with Crippen LogP contribution in [0.5, 0.6) is 0 Å². The molecule has 1 saturated heterocycles. The van der Waals surface area contributed by atoms with Crippen molar-refractivity contribution in [2.45, 2.75) is 12.2 Å². The van der Waals surface area contributed by atoms with E-state index >= 15 is 0 Å². The second kappa shape index (κ2) is 3.90. The van der Waals surface area contributed by atoms with Crippen LogP contribution in [0.15, 0.2) is 24.3 Å². The summed E-state index contributed by atoms with van der Waals surface area (Å²) >= 11 is 0. The summed E-state index contributed by atoms with van der Waals surface area (Å²) in [6.45, 7) is 0. The Hall–Kier alpha value is -1.95. The number of nitro benzene ring substituents is 1. The SMILES string of the molecule is COC(=O)C1OC1c1cccc([N+](=O)[O-])c1. The van der Waals surface area contributed by atoms with Gasteiger partial charge in [-0.05, 0) is 5.56 Å². The maximum absolute atomic E-state index is 11.1. The number of non-ortho nitro benzene ring substituents is 1. The van der Waals surface area contributed by atoms with E-state index < -0.39 is 23.1 Å². The number of carbonyl (C=O) groups is 1. The molecule has 1 aromatic carbocycles. The van der Waals surface area contributed by atoms with E-state index in [2.05, 4.69) is 4.74 Å². The summed E-state index contributed by atoms with van der Waals surface area (Å²) in [5, 5.41) is 10.5. The van der Waals surface area contributed by atoms with E-state index in [9.17, 15) is 14.9 Å². The maximum atomic E-state index is 11.1. The molecule has 1 aliphatic heterocycles. The predicted molar refractivity (Wildman–Crippen MR) is 52.7 cm³/mol. The average molecular weight is 223 g/mol. The van der Waals surface area contributed by atoms with Gasteiger partial charge in [0.25, 0.3) is 5.69 Å². The second-order valence-corrected chi connectivity index (χ2v) is 3.35. The normalized spacial score (nSPS) is 22.6. The molecule has 0 amide bonds. The molecule has 1 heterocycles. The van der Waals surface area contributed by atoms with Crippen molar-refractivity contribution in [1.29, 1.82) is 0 Å². The lowest BCUT2D eigenvalue weighted by molar-refractivity contribution is -0.384. The zero-order valence-corrected chi connectivity index (χ0v) is 8.45. The van der Waals surface area contributed by atoms with Crippen molar-refractivity contribution in [3.05, 3.63) is 39.9 Å². The lowest BCUT2D eigenvalue weighted by Crippen LogP contribution is -2.09. The topological polar surface area (TPSA) is 82.0 Å². The molecule has 16 heavy (non-hydrogen) atoms. The van der Waals surface area contributed by atoms with Gasteiger partial charge in [-0.2, -0.15) is 0 Å². The van der Waals surface area contributed by atoms with Crippen molar-refractivity contribution < 1.29 is 19.2 Å². The Kier molecular flexibility index (Phi) is 2.57. The summed E-state index contributed by atoms with van der Waals surface area (Å²) in [6.07, 6.45) is -1.06. The number of methoxy groups -OCH3 is 1. The molecule has 0 N–H and O–H groups in total. The van der Waals surface area contributed by atoms with E-state index in [0.29, 0.717) is 5.56 Å². The van der Waals surface area contributed by atoms with Crippen molar-refractivity contribution in [1.82, 2.24) is 0 Å². The molecule has 0 spiro atoms. The summed E-state index contributed by atoms with van der Waals surface area (Å²) in [4.78, 5) is 21.1. The minimum atomic E-state index is -0.632. The highest BCUT2D eigenvalue weighted by atomic mass is 16.6. The van der Waals surface area contributed by atoms with Crippen molar-refractivity contribution in [3.63, 3.8) is 0 Å². The molecule has 0 bridgehead atoms. The first-order chi connectivity index (χ1) is 7.63. The molecule has 0 aromatic heterocycles. The Morgan fingerprint density at radius 3 is 2.94 bits per heavy atom. The molecule has 1 fully saturated rings. The van der Waals surface area contributed by atoms with Gasteiger partial charge >= 0.3 is 5.97 Å². The van der Waals surface area contributed by atoms with Gasteiger partial charge < -0.3 is 9.47 Å². The number of ether oxygens (including phenoxy) is 2. The van der Waals surface area contributed by atoms with Crippen molar-refractivity contribution >= 4 is 11.7 Å². The molecule has 1 aliphatic rings. The highest BCUT2D eigenvalue weighted by Gasteiger charge is 2.47. The van der Waals surface area contributed by atoms with Crippen LogP contribution in [0, 0.1) is 10.1 Å². The van der Waals surface area contributed by atoms with Crippen LogP contribution in [0.2, 0.25) is 0 Å². The summed E-state index contributed by atoms with van der Waals surface area (Å²) in [5.74, 6) is -0.462. The number of carbonyl (C=O) groups excluding carboxylic acids is 1. The van der Waals surface area contributed by atoms with E-state index in [4.69, 9.17) is 4.74 Å². The van der Waals surface area contributed by atoms with Gasteiger partial charge in [0.05, 0.1) is 12.0 Å². The van der Waals surface area contributed by atoms with Gasteiger partial charge in [-0.3, -0.25) is 10.1 Å². The first kappa shape index (κ1) is 10.6. The fourth-order valence-corrected chi connectivity index (χ4v) is 1.48. The standard InChI is InChI=1S/C10H9NO5/c1-15-10(12)9-8(16-9)6-3-2-4-7(5-6)11(13)14/h2-5,8-9H,1H3. The molecule has 84 valence electrons. The van der Waals surface area contributed by atoms with Crippen molar-refractivity contribution in [2.75, 3.05) is 7.11 Å². The van der Waals surface area contributed by atoms with Crippen LogP contribution in [-0.4, -0.2) is 24.1 Å². The van der Waals surface area contributed by atoms with Gasteiger partial charge in [-0.15, -0.1) is 0 Å². The third kappa shape index (κ3) is 1.87. The Morgan fingerprint density at radius 1 is 1.56 bits per heavy atom. The summed E-state index contributed by atoms with van der Waals surface area (Å²) in [7, 11) is 1.27. The molecule has 6 heteroatoms. The number of epoxide rings is 1. The molecule has 2 atom stereocenters. The zero-order valence-electron chi connectivity index (χ0n) is 8.45. The van der Waals surface area contributed by atoms with E-state index in [-0.39, 0.29) is 5.69 Å². The zero-order chi connectivity index (χ0) is 11.7. The highest BCUT2D eigenvalue weighted by molar-refractivity contribution is 5.78. The van der Waals surface area contributed by atoms with E-state index in [1.807, 2.05) is 0 Å². The average Bonchev–Trinajstić information content (AvgIpc) is 3.08. The highest BCUT2D eigenvalue weighted by Crippen LogP contribution is 2.40. The van der Waals surface area contributed by atoms with E-state index in [0.717, 1.165) is 0 Å². The van der Waals surface area contributed by atoms with Gasteiger partial charge in [0.15, 0.2) is 6.10 Å². The lowest BCUT2D eigenvalue weighted by atomic mass is 10.1. The lowest BCUT2D eigenvalue weighted by Gasteiger charge is -1.96. The fraction of sp³-hybridized carbons (Fsp3) is 0.300. The van der Waals surface area contributed by atoms with Crippen LogP contribution in [0.1, 0.15) is 11.7 Å². The van der Waals surface area contributed by atoms with Gasteiger partial charge in [0.2, 0.25) is 0 Å². The number of hydrogen-bond donors (Lipinski definition) is 0. The molecular formula is C10H9NO5. The Balaban J connectivity index is 2.15. The fourth-order valence-electron chi connectivity index (χ4n) is 1.48. The van der Waals surface area contributed by atoms with E-state index in [1.165, 1.54) is 19.2 Å². The second-order valence-electron chi connectivity index (χ2n) is 3.35. The number of benzene rings is 1. The van der Waals surface area contributed by atoms with Crippen molar-refractivity contribution in [3.8, 4) is 0 Å². The first-order valence-electron chi connectivity index (χ1n) is 4.61. The number of esters is 1. The largest absolute Gasteiger partial charge is 0.467 e. The van der Waals surface area contributed by atoms with Crippen LogP contribution in [-0.2, 0) is 14.3 Å². The molecule has 6 nitrogen and oxygen atoms in total. The minimum absolute atomic E-state index is 0.0170. The molecule has 2 rings (SSSR count). The summed E-state index contributed by atoms with van der Waals surface area (Å²) in [5.41, 5.74) is 0.598. The monoisotopic (exact) mass is 223 g/mol. The summed E-state index contributed by atoms with van der Waals surface area (Å²) < 4.78 is 9.60. The van der Waals surface area contributed by atoms with Crippen LogP contribution in [0.4, 0.5) is 5.69 Å². The molecule has 1 aromatic rings. The minimum Gasteiger partial charge on any atom is -0.467 e. The first-order valence-corrected chi connectivity index (χ1v) is 4.61. The van der Waals surface area contributed by atoms with Crippen LogP contribution >= 0.6 is 0 Å². The Labute approximate surface area is 90.9 Å². The number of nitro groups is 1. The van der Waals surface area contributed by atoms with Gasteiger partial charge in [0.1, 0.15) is 6.10 Å². The quantitative estimate of drug-likeness (QED) is 0.333. The molecule has 0 radical (unpaired) electrons. The van der Waals surface area contributed by atoms with Crippen LogP contribution in [0.3, 0.4) is 0 Å². The number of rotatable bonds is 3. The Morgan fingerprint density at radius 2 is 2.31 bits per heavy atom. The Bertz CT molecular complexity index is 445. The van der Waals surface area contributed by atoms with Crippen LogP contribution in [0.25, 0.3) is 0 Å². The van der Waals surface area contributed by atoms with Gasteiger partial charge in [-0.1, -0.05) is 12.1 Å². The third-order valence-corrected chi connectivity index (χ3v) is 2.33. The molecular weight excluding hydrogens is 214 g/mol.